The van der Waals surface area contributed by atoms with Crippen LogP contribution < -0.4 is 20.7 Å². The Kier molecular flexibility index (Phi) is 7.52. The number of para-hydroxylation sites is 1. The van der Waals surface area contributed by atoms with Crippen LogP contribution in [0.25, 0.3) is 27.8 Å². The molecular weight excluding hydrogens is 468 g/mol. The zero-order valence-electron chi connectivity index (χ0n) is 21.4. The number of nitrogens with zero attached hydrogens (tertiary/aromatic N) is 4. The molecule has 0 aliphatic carbocycles. The van der Waals surface area contributed by atoms with Gasteiger partial charge in [-0.2, -0.15) is 0 Å². The molecule has 37 heavy (non-hydrogen) atoms. The van der Waals surface area contributed by atoms with E-state index in [1.807, 2.05) is 35.8 Å². The maximum absolute atomic E-state index is 12.1. The zero-order chi connectivity index (χ0) is 25.8. The first-order valence-corrected chi connectivity index (χ1v) is 12.8. The van der Waals surface area contributed by atoms with Crippen LogP contribution in [-0.4, -0.2) is 65.9 Å². The lowest BCUT2D eigenvalue weighted by atomic mass is 10.0. The normalized spacial score (nSPS) is 15.3. The smallest absolute Gasteiger partial charge is 0.221 e. The summed E-state index contributed by atoms with van der Waals surface area (Å²) in [5.74, 6) is 1.61. The van der Waals surface area contributed by atoms with Crippen LogP contribution in [0.15, 0.2) is 54.9 Å². The molecule has 2 aromatic carbocycles. The van der Waals surface area contributed by atoms with Gasteiger partial charge in [-0.25, -0.2) is 9.97 Å². The Labute approximate surface area is 216 Å². The van der Waals surface area contributed by atoms with Crippen LogP contribution in [0.4, 0.5) is 5.69 Å². The Hall–Kier alpha value is -3.69. The van der Waals surface area contributed by atoms with Crippen LogP contribution in [0.3, 0.4) is 0 Å². The van der Waals surface area contributed by atoms with Crippen molar-refractivity contribution in [2.45, 2.75) is 38.3 Å². The Balaban J connectivity index is 1.36. The van der Waals surface area contributed by atoms with Gasteiger partial charge in [0.25, 0.3) is 0 Å². The molecule has 9 heteroatoms. The Bertz CT molecular complexity index is 1380. The summed E-state index contributed by atoms with van der Waals surface area (Å²) in [5.41, 5.74) is 9.64. The fourth-order valence-corrected chi connectivity index (χ4v) is 4.86. The van der Waals surface area contributed by atoms with Crippen molar-refractivity contribution in [3.8, 4) is 11.6 Å². The Morgan fingerprint density at radius 2 is 2.00 bits per heavy atom. The van der Waals surface area contributed by atoms with Crippen molar-refractivity contribution in [2.24, 2.45) is 5.73 Å². The molecule has 0 saturated carbocycles. The van der Waals surface area contributed by atoms with Gasteiger partial charge in [-0.15, -0.1) is 0 Å². The van der Waals surface area contributed by atoms with Crippen LogP contribution in [0.2, 0.25) is 0 Å². The van der Waals surface area contributed by atoms with Crippen LogP contribution in [0, 0.1) is 0 Å². The molecule has 3 heterocycles. The summed E-state index contributed by atoms with van der Waals surface area (Å²) in [6.07, 6.45) is 3.95. The third-order valence-electron chi connectivity index (χ3n) is 6.71. The number of ether oxygens (including phenoxy) is 2. The molecule has 5 rings (SSSR count). The number of nitrogens with two attached hydrogens (primary N) is 1. The molecule has 194 valence electrons. The monoisotopic (exact) mass is 502 g/mol. The molecule has 1 unspecified atom stereocenters. The summed E-state index contributed by atoms with van der Waals surface area (Å²) < 4.78 is 12.8. The molecule has 1 saturated heterocycles. The van der Waals surface area contributed by atoms with Crippen molar-refractivity contribution in [1.82, 2.24) is 19.9 Å². The summed E-state index contributed by atoms with van der Waals surface area (Å²) >= 11 is 0. The van der Waals surface area contributed by atoms with E-state index in [1.165, 1.54) is 0 Å². The topological polar surface area (TPSA) is 108 Å². The first kappa shape index (κ1) is 25.0. The van der Waals surface area contributed by atoms with Crippen LogP contribution in [0.1, 0.15) is 26.2 Å². The van der Waals surface area contributed by atoms with E-state index in [9.17, 15) is 4.79 Å². The fraction of sp³-hybridized carbons (Fsp3) is 0.393. The summed E-state index contributed by atoms with van der Waals surface area (Å²) in [6, 6.07) is 16.4. The lowest BCUT2D eigenvalue weighted by Gasteiger charge is -2.34. The second-order valence-corrected chi connectivity index (χ2v) is 9.63. The number of aromatic nitrogens is 3. The molecule has 1 aliphatic heterocycles. The number of rotatable bonds is 9. The summed E-state index contributed by atoms with van der Waals surface area (Å²) in [6.45, 7) is 4.60. The summed E-state index contributed by atoms with van der Waals surface area (Å²) in [4.78, 5) is 24.2. The number of benzene rings is 2. The van der Waals surface area contributed by atoms with E-state index < -0.39 is 0 Å². The third-order valence-corrected chi connectivity index (χ3v) is 6.71. The maximum atomic E-state index is 12.1. The molecule has 1 amide bonds. The van der Waals surface area contributed by atoms with Gasteiger partial charge in [0.1, 0.15) is 24.5 Å². The number of hydrogen-bond donors (Lipinski definition) is 2. The number of carbonyl (C=O) groups excluding carboxylic acids is 1. The van der Waals surface area contributed by atoms with Gasteiger partial charge in [0.2, 0.25) is 5.91 Å². The SMILES string of the molecule is COCCOc1ccc2c(c1)ncn2-c1ccc2cccc(N3CCC(NC(=O)CC(C)N)CC3)c2n1. The summed E-state index contributed by atoms with van der Waals surface area (Å²) in [7, 11) is 1.66. The molecule has 2 aromatic heterocycles. The zero-order valence-corrected chi connectivity index (χ0v) is 21.4. The lowest BCUT2D eigenvalue weighted by Crippen LogP contribution is -2.45. The van der Waals surface area contributed by atoms with E-state index >= 15 is 0 Å². The molecule has 1 aliphatic rings. The predicted octanol–water partition coefficient (Wildman–Crippen LogP) is 3.42. The van der Waals surface area contributed by atoms with Crippen LogP contribution in [-0.2, 0) is 9.53 Å². The van der Waals surface area contributed by atoms with E-state index in [-0.39, 0.29) is 18.0 Å². The maximum Gasteiger partial charge on any atom is 0.221 e. The number of methoxy groups -OCH3 is 1. The minimum absolute atomic E-state index is 0.0335. The predicted molar refractivity (Wildman–Crippen MR) is 145 cm³/mol. The second kappa shape index (κ2) is 11.1. The Morgan fingerprint density at radius 3 is 2.78 bits per heavy atom. The van der Waals surface area contributed by atoms with Gasteiger partial charge >= 0.3 is 0 Å². The minimum atomic E-state index is -0.125. The van der Waals surface area contributed by atoms with Gasteiger partial charge in [0.05, 0.1) is 28.8 Å². The third kappa shape index (κ3) is 5.68. The number of hydrogen-bond acceptors (Lipinski definition) is 7. The van der Waals surface area contributed by atoms with Crippen molar-refractivity contribution < 1.29 is 14.3 Å². The highest BCUT2D eigenvalue weighted by Gasteiger charge is 2.23. The number of amides is 1. The standard InChI is InChI=1S/C28H34N6O3/c1-19(29)16-27(35)31-21-10-12-33(13-11-21)25-5-3-4-20-6-9-26(32-28(20)25)34-18-30-23-17-22(7-8-24(23)34)37-15-14-36-2/h3-9,17-19,21H,10-16,29H2,1-2H3,(H,31,35). The number of pyridine rings is 1. The highest BCUT2D eigenvalue weighted by Crippen LogP contribution is 2.30. The minimum Gasteiger partial charge on any atom is -0.491 e. The van der Waals surface area contributed by atoms with Crippen molar-refractivity contribution in [3.05, 3.63) is 54.9 Å². The van der Waals surface area contributed by atoms with Crippen molar-refractivity contribution >= 4 is 33.5 Å². The van der Waals surface area contributed by atoms with Gasteiger partial charge in [-0.3, -0.25) is 9.36 Å². The number of imidazole rings is 1. The van der Waals surface area contributed by atoms with Gasteiger partial charge in [-0.05, 0) is 50.1 Å². The lowest BCUT2D eigenvalue weighted by molar-refractivity contribution is -0.122. The van der Waals surface area contributed by atoms with Crippen LogP contribution >= 0.6 is 0 Å². The molecule has 0 spiro atoms. The number of nitrogens with one attached hydrogen (secondary N) is 1. The van der Waals surface area contributed by atoms with E-state index in [1.54, 1.807) is 13.4 Å². The van der Waals surface area contributed by atoms with E-state index in [2.05, 4.69) is 39.5 Å². The van der Waals surface area contributed by atoms with Gasteiger partial charge < -0.3 is 25.4 Å². The number of piperidine rings is 1. The van der Waals surface area contributed by atoms with E-state index in [0.29, 0.717) is 19.6 Å². The molecule has 0 radical (unpaired) electrons. The fourth-order valence-electron chi connectivity index (χ4n) is 4.86. The molecule has 0 bridgehead atoms. The molecule has 1 fully saturated rings. The van der Waals surface area contributed by atoms with Crippen molar-refractivity contribution in [1.29, 1.82) is 0 Å². The second-order valence-electron chi connectivity index (χ2n) is 9.63. The van der Waals surface area contributed by atoms with E-state index in [0.717, 1.165) is 65.1 Å². The molecule has 1 atom stereocenters. The quantitative estimate of drug-likeness (QED) is 0.338. The van der Waals surface area contributed by atoms with Crippen molar-refractivity contribution in [2.75, 3.05) is 38.3 Å². The summed E-state index contributed by atoms with van der Waals surface area (Å²) in [5, 5.41) is 4.23. The molecular formula is C28H34N6O3. The van der Waals surface area contributed by atoms with E-state index in [4.69, 9.17) is 20.2 Å². The average Bonchev–Trinajstić information content (AvgIpc) is 3.31. The largest absolute Gasteiger partial charge is 0.491 e. The number of fused-ring (bicyclic) bond motifs is 2. The molecule has 4 aromatic rings. The highest BCUT2D eigenvalue weighted by atomic mass is 16.5. The first-order valence-electron chi connectivity index (χ1n) is 12.8. The Morgan fingerprint density at radius 1 is 1.16 bits per heavy atom. The molecule has 3 N–H and O–H groups in total. The van der Waals surface area contributed by atoms with Gasteiger partial charge in [-0.1, -0.05) is 12.1 Å². The highest BCUT2D eigenvalue weighted by molar-refractivity contribution is 5.92. The van der Waals surface area contributed by atoms with Crippen molar-refractivity contribution in [3.63, 3.8) is 0 Å². The van der Waals surface area contributed by atoms with Gasteiger partial charge in [0.15, 0.2) is 0 Å². The number of anilines is 1. The van der Waals surface area contributed by atoms with Crippen LogP contribution in [0.5, 0.6) is 5.75 Å². The number of carbonyl (C=O) groups is 1. The first-order chi connectivity index (χ1) is 18.0. The van der Waals surface area contributed by atoms with Gasteiger partial charge in [0, 0.05) is 50.2 Å². The molecule has 9 nitrogen and oxygen atoms in total. The average molecular weight is 503 g/mol.